The summed E-state index contributed by atoms with van der Waals surface area (Å²) in [7, 11) is 0. The highest BCUT2D eigenvalue weighted by Crippen LogP contribution is 2.56. The molecule has 10 aromatic rings. The van der Waals surface area contributed by atoms with Gasteiger partial charge >= 0.3 is 0 Å². The molecule has 9 aromatic carbocycles. The first kappa shape index (κ1) is 33.0. The van der Waals surface area contributed by atoms with Gasteiger partial charge in [-0.1, -0.05) is 182 Å². The van der Waals surface area contributed by atoms with Gasteiger partial charge < -0.3 is 9.32 Å². The first-order valence-corrected chi connectivity index (χ1v) is 19.6. The van der Waals surface area contributed by atoms with Crippen LogP contribution in [-0.4, -0.2) is 0 Å². The van der Waals surface area contributed by atoms with Gasteiger partial charge in [-0.05, 0) is 92.5 Å². The Hall–Kier alpha value is -7.42. The van der Waals surface area contributed by atoms with Gasteiger partial charge in [-0.3, -0.25) is 0 Å². The lowest BCUT2D eigenvalue weighted by Gasteiger charge is -2.34. The van der Waals surface area contributed by atoms with E-state index in [1.165, 1.54) is 44.5 Å². The van der Waals surface area contributed by atoms with Crippen LogP contribution in [0.3, 0.4) is 0 Å². The summed E-state index contributed by atoms with van der Waals surface area (Å²) in [6, 6.07) is 81.2. The minimum Gasteiger partial charge on any atom is -0.455 e. The van der Waals surface area contributed by atoms with Crippen molar-refractivity contribution in [3.8, 4) is 33.4 Å². The fourth-order valence-corrected chi connectivity index (χ4v) is 9.26. The van der Waals surface area contributed by atoms with Gasteiger partial charge in [-0.25, -0.2) is 0 Å². The number of hydrogen-bond donors (Lipinski definition) is 0. The average molecular weight is 728 g/mol. The minimum atomic E-state index is -0.462. The molecular weight excluding hydrogens is 691 g/mol. The van der Waals surface area contributed by atoms with E-state index in [1.54, 1.807) is 0 Å². The van der Waals surface area contributed by atoms with Crippen LogP contribution >= 0.6 is 0 Å². The molecule has 0 amide bonds. The van der Waals surface area contributed by atoms with Gasteiger partial charge in [0.1, 0.15) is 11.2 Å². The van der Waals surface area contributed by atoms with Crippen molar-refractivity contribution in [2.75, 3.05) is 4.90 Å². The molecule has 1 aliphatic carbocycles. The van der Waals surface area contributed by atoms with E-state index >= 15 is 0 Å². The number of furan rings is 1. The number of rotatable bonds is 7. The summed E-state index contributed by atoms with van der Waals surface area (Å²) in [5.74, 6) is 0. The Morgan fingerprint density at radius 2 is 0.842 bits per heavy atom. The molecule has 0 aliphatic heterocycles. The van der Waals surface area contributed by atoms with Gasteiger partial charge in [-0.15, -0.1) is 0 Å². The van der Waals surface area contributed by atoms with E-state index in [4.69, 9.17) is 4.42 Å². The van der Waals surface area contributed by atoms with Crippen LogP contribution < -0.4 is 4.90 Å². The molecule has 1 aromatic heterocycles. The largest absolute Gasteiger partial charge is 0.455 e. The first-order chi connectivity index (χ1) is 28.3. The number of benzene rings is 9. The van der Waals surface area contributed by atoms with Gasteiger partial charge in [0.05, 0.1) is 5.41 Å². The Bertz CT molecular complexity index is 3020. The van der Waals surface area contributed by atoms with Crippen LogP contribution in [0.2, 0.25) is 0 Å². The van der Waals surface area contributed by atoms with E-state index in [0.29, 0.717) is 0 Å². The second-order valence-electron chi connectivity index (χ2n) is 14.8. The zero-order chi connectivity index (χ0) is 37.8. The minimum absolute atomic E-state index is 0.462. The van der Waals surface area contributed by atoms with Crippen molar-refractivity contribution in [2.45, 2.75) is 5.41 Å². The zero-order valence-electron chi connectivity index (χ0n) is 31.2. The maximum atomic E-state index is 6.52. The quantitative estimate of drug-likeness (QED) is 0.163. The number of fused-ring (bicyclic) bond motifs is 6. The molecule has 0 atom stereocenters. The third-order valence-corrected chi connectivity index (χ3v) is 11.7. The van der Waals surface area contributed by atoms with Crippen molar-refractivity contribution in [3.63, 3.8) is 0 Å². The van der Waals surface area contributed by atoms with E-state index in [0.717, 1.165) is 50.1 Å². The summed E-state index contributed by atoms with van der Waals surface area (Å²) in [5, 5.41) is 2.25. The highest BCUT2D eigenvalue weighted by atomic mass is 16.3. The Labute approximate surface area is 332 Å². The molecule has 0 unspecified atom stereocenters. The third-order valence-electron chi connectivity index (χ3n) is 11.7. The molecule has 0 fully saturated rings. The van der Waals surface area contributed by atoms with Crippen molar-refractivity contribution < 1.29 is 4.42 Å². The van der Waals surface area contributed by atoms with Gasteiger partial charge in [0, 0.05) is 33.4 Å². The fraction of sp³-hybridized carbons (Fsp3) is 0.0182. The summed E-state index contributed by atoms with van der Waals surface area (Å²) >= 11 is 0. The topological polar surface area (TPSA) is 16.4 Å². The number of nitrogens with zero attached hydrogens (tertiary/aromatic N) is 1. The summed E-state index contributed by atoms with van der Waals surface area (Å²) in [6.45, 7) is 0. The third kappa shape index (κ3) is 5.26. The Kier molecular flexibility index (Phi) is 7.75. The summed E-state index contributed by atoms with van der Waals surface area (Å²) in [6.07, 6.45) is 0. The molecule has 0 saturated carbocycles. The van der Waals surface area contributed by atoms with E-state index in [9.17, 15) is 0 Å². The summed E-state index contributed by atoms with van der Waals surface area (Å²) < 4.78 is 6.52. The van der Waals surface area contributed by atoms with Crippen LogP contribution in [0.25, 0.3) is 55.3 Å². The number of hydrogen-bond acceptors (Lipinski definition) is 2. The maximum Gasteiger partial charge on any atom is 0.143 e. The van der Waals surface area contributed by atoms with E-state index < -0.39 is 5.41 Å². The molecule has 57 heavy (non-hydrogen) atoms. The Balaban J connectivity index is 1.09. The molecule has 0 saturated heterocycles. The standard InChI is InChI=1S/C55H37NO/c1-3-16-38(17-4-1)39-18-13-22-44(36-39)56(45-23-14-19-40(37-45)46-27-15-28-50-49-26-9-12-31-53(49)57-54(46)50)43-34-32-42(33-35-43)55(41-20-5-2-6-21-41)51-29-10-7-24-47(51)48-25-8-11-30-52(48)55/h1-37H. The smallest absolute Gasteiger partial charge is 0.143 e. The second kappa shape index (κ2) is 13.4. The van der Waals surface area contributed by atoms with Crippen molar-refractivity contribution >= 4 is 39.0 Å². The van der Waals surface area contributed by atoms with Crippen LogP contribution in [0.4, 0.5) is 17.1 Å². The van der Waals surface area contributed by atoms with Crippen LogP contribution in [-0.2, 0) is 5.41 Å². The Morgan fingerprint density at radius 3 is 1.56 bits per heavy atom. The molecule has 1 heterocycles. The Morgan fingerprint density at radius 1 is 0.333 bits per heavy atom. The van der Waals surface area contributed by atoms with Crippen molar-refractivity contribution in [2.24, 2.45) is 0 Å². The molecule has 0 N–H and O–H groups in total. The van der Waals surface area contributed by atoms with Crippen molar-refractivity contribution in [1.29, 1.82) is 0 Å². The maximum absolute atomic E-state index is 6.52. The average Bonchev–Trinajstić information content (AvgIpc) is 3.82. The van der Waals surface area contributed by atoms with E-state index in [1.807, 2.05) is 12.1 Å². The van der Waals surface area contributed by atoms with Crippen molar-refractivity contribution in [3.05, 3.63) is 247 Å². The van der Waals surface area contributed by atoms with Gasteiger partial charge in [0.2, 0.25) is 0 Å². The summed E-state index contributed by atoms with van der Waals surface area (Å²) in [5.41, 5.74) is 16.8. The molecule has 0 bridgehead atoms. The molecule has 0 spiro atoms. The molecule has 2 heteroatoms. The molecular formula is C55H37NO. The van der Waals surface area contributed by atoms with Gasteiger partial charge in [0.25, 0.3) is 0 Å². The van der Waals surface area contributed by atoms with E-state index in [-0.39, 0.29) is 0 Å². The molecule has 1 aliphatic rings. The lowest BCUT2D eigenvalue weighted by Crippen LogP contribution is -2.28. The first-order valence-electron chi connectivity index (χ1n) is 19.6. The number of anilines is 3. The van der Waals surface area contributed by atoms with Gasteiger partial charge in [0.15, 0.2) is 0 Å². The fourth-order valence-electron chi connectivity index (χ4n) is 9.26. The van der Waals surface area contributed by atoms with Gasteiger partial charge in [-0.2, -0.15) is 0 Å². The van der Waals surface area contributed by atoms with E-state index in [2.05, 4.69) is 217 Å². The van der Waals surface area contributed by atoms with Crippen molar-refractivity contribution in [1.82, 2.24) is 0 Å². The molecule has 2 nitrogen and oxygen atoms in total. The van der Waals surface area contributed by atoms with Crippen LogP contribution in [0, 0.1) is 0 Å². The summed E-state index contributed by atoms with van der Waals surface area (Å²) in [4.78, 5) is 2.38. The monoisotopic (exact) mass is 727 g/mol. The second-order valence-corrected chi connectivity index (χ2v) is 14.8. The SMILES string of the molecule is c1ccc(-c2cccc(N(c3ccc(C4(c5ccccc5)c5ccccc5-c5ccccc54)cc3)c3cccc(-c4cccc5c4oc4ccccc45)c3)c2)cc1. The lowest BCUT2D eigenvalue weighted by molar-refractivity contribution is 0.670. The highest BCUT2D eigenvalue weighted by molar-refractivity contribution is 6.09. The molecule has 0 radical (unpaired) electrons. The predicted octanol–water partition coefficient (Wildman–Crippen LogP) is 14.8. The lowest BCUT2D eigenvalue weighted by atomic mass is 9.68. The highest BCUT2D eigenvalue weighted by Gasteiger charge is 2.45. The predicted molar refractivity (Wildman–Crippen MR) is 237 cm³/mol. The zero-order valence-corrected chi connectivity index (χ0v) is 31.2. The normalized spacial score (nSPS) is 12.7. The van der Waals surface area contributed by atoms with Crippen LogP contribution in [0.5, 0.6) is 0 Å². The van der Waals surface area contributed by atoms with Crippen LogP contribution in [0.15, 0.2) is 229 Å². The molecule has 268 valence electrons. The number of para-hydroxylation sites is 2. The molecule has 11 rings (SSSR count). The van der Waals surface area contributed by atoms with Crippen LogP contribution in [0.1, 0.15) is 22.3 Å².